The number of pyridine rings is 1. The Balaban J connectivity index is 1.32. The first kappa shape index (κ1) is 19.2. The fourth-order valence-electron chi connectivity index (χ4n) is 3.86. The van der Waals surface area contributed by atoms with Crippen LogP contribution in [-0.2, 0) is 14.3 Å². The van der Waals surface area contributed by atoms with Gasteiger partial charge in [0.25, 0.3) is 5.91 Å². The number of ether oxygens (including phenoxy) is 3. The Morgan fingerprint density at radius 1 is 1.21 bits per heavy atom. The number of hydrogen-bond donors (Lipinski definition) is 1. The second kappa shape index (κ2) is 8.08. The number of amides is 1. The maximum atomic E-state index is 12.6. The molecule has 2 aromatic rings. The van der Waals surface area contributed by atoms with Gasteiger partial charge in [0.15, 0.2) is 6.61 Å². The number of rotatable bonds is 6. The lowest BCUT2D eigenvalue weighted by atomic mass is 9.74. The van der Waals surface area contributed by atoms with Crippen molar-refractivity contribution in [3.05, 3.63) is 48.7 Å². The number of nitrogens with zero attached hydrogens (tertiary/aromatic N) is 2. The lowest BCUT2D eigenvalue weighted by Gasteiger charge is -2.33. The fraction of sp³-hybridized carbons (Fsp3) is 0.381. The van der Waals surface area contributed by atoms with Crippen LogP contribution in [-0.4, -0.2) is 59.8 Å². The average Bonchev–Trinajstić information content (AvgIpc) is 3.15. The van der Waals surface area contributed by atoms with Crippen molar-refractivity contribution in [2.24, 2.45) is 11.3 Å². The van der Waals surface area contributed by atoms with Gasteiger partial charge in [0.1, 0.15) is 11.5 Å². The predicted octanol–water partition coefficient (Wildman–Crippen LogP) is 2.20. The van der Waals surface area contributed by atoms with Gasteiger partial charge in [-0.1, -0.05) is 6.07 Å². The van der Waals surface area contributed by atoms with E-state index in [1.807, 2.05) is 6.07 Å². The minimum atomic E-state index is -0.904. The van der Waals surface area contributed by atoms with Crippen LogP contribution >= 0.6 is 0 Å². The summed E-state index contributed by atoms with van der Waals surface area (Å²) in [6, 6.07) is 12.3. The second-order valence-corrected chi connectivity index (χ2v) is 7.29. The monoisotopic (exact) mass is 398 g/mol. The first-order chi connectivity index (χ1) is 14.1. The Morgan fingerprint density at radius 2 is 2.00 bits per heavy atom. The maximum absolute atomic E-state index is 12.6. The molecule has 1 aromatic carbocycles. The molecule has 0 bridgehead atoms. The number of likely N-dealkylation sites (tertiary alicyclic amines) is 1. The summed E-state index contributed by atoms with van der Waals surface area (Å²) in [5.41, 5.74) is -0.904. The quantitative estimate of drug-likeness (QED) is 0.796. The highest BCUT2D eigenvalue weighted by Gasteiger charge is 2.54. The molecule has 3 heterocycles. The van der Waals surface area contributed by atoms with E-state index in [0.717, 1.165) is 0 Å². The van der Waals surface area contributed by atoms with Crippen LogP contribution in [0.5, 0.6) is 17.4 Å². The summed E-state index contributed by atoms with van der Waals surface area (Å²) in [6.07, 6.45) is 2.07. The van der Waals surface area contributed by atoms with Crippen molar-refractivity contribution >= 4 is 11.9 Å². The summed E-state index contributed by atoms with van der Waals surface area (Å²) in [5, 5.41) is 9.70. The Bertz CT molecular complexity index is 872. The largest absolute Gasteiger partial charge is 0.484 e. The Morgan fingerprint density at radius 3 is 2.69 bits per heavy atom. The van der Waals surface area contributed by atoms with Crippen molar-refractivity contribution in [1.29, 1.82) is 0 Å². The van der Waals surface area contributed by atoms with Crippen molar-refractivity contribution in [1.82, 2.24) is 9.88 Å². The number of carboxylic acids is 1. The molecule has 0 radical (unpaired) electrons. The minimum absolute atomic E-state index is 0.149. The van der Waals surface area contributed by atoms with E-state index in [1.165, 1.54) is 0 Å². The van der Waals surface area contributed by atoms with E-state index < -0.39 is 11.4 Å². The predicted molar refractivity (Wildman–Crippen MR) is 102 cm³/mol. The molecule has 2 aliphatic heterocycles. The third kappa shape index (κ3) is 4.02. The van der Waals surface area contributed by atoms with E-state index in [2.05, 4.69) is 4.98 Å². The van der Waals surface area contributed by atoms with Gasteiger partial charge < -0.3 is 24.2 Å². The summed E-state index contributed by atoms with van der Waals surface area (Å²) < 4.78 is 16.6. The Labute approximate surface area is 168 Å². The molecule has 4 rings (SSSR count). The first-order valence-corrected chi connectivity index (χ1v) is 9.47. The van der Waals surface area contributed by atoms with Gasteiger partial charge >= 0.3 is 5.97 Å². The Kier molecular flexibility index (Phi) is 5.35. The fourth-order valence-corrected chi connectivity index (χ4v) is 3.86. The molecule has 1 N–H and O–H groups in total. The molecule has 8 heteroatoms. The highest BCUT2D eigenvalue weighted by atomic mass is 16.5. The number of fused-ring (bicyclic) bond motifs is 1. The molecular formula is C21H22N2O6. The third-order valence-corrected chi connectivity index (χ3v) is 5.53. The molecule has 8 nitrogen and oxygen atoms in total. The Hall–Kier alpha value is -3.13. The molecule has 1 aromatic heterocycles. The molecule has 0 aliphatic carbocycles. The minimum Gasteiger partial charge on any atom is -0.484 e. The van der Waals surface area contributed by atoms with Crippen molar-refractivity contribution in [2.75, 3.05) is 32.9 Å². The van der Waals surface area contributed by atoms with E-state index in [4.69, 9.17) is 14.2 Å². The molecule has 2 atom stereocenters. The van der Waals surface area contributed by atoms with Crippen LogP contribution in [0.1, 0.15) is 6.42 Å². The van der Waals surface area contributed by atoms with Gasteiger partial charge in [0, 0.05) is 37.9 Å². The molecule has 1 amide bonds. The van der Waals surface area contributed by atoms with Gasteiger partial charge in [-0.25, -0.2) is 4.98 Å². The van der Waals surface area contributed by atoms with Crippen LogP contribution in [0, 0.1) is 11.3 Å². The van der Waals surface area contributed by atoms with Gasteiger partial charge in [-0.15, -0.1) is 0 Å². The van der Waals surface area contributed by atoms with E-state index in [0.29, 0.717) is 43.6 Å². The van der Waals surface area contributed by atoms with Crippen LogP contribution in [0.4, 0.5) is 0 Å². The summed E-state index contributed by atoms with van der Waals surface area (Å²) in [5.74, 6) is 0.359. The molecule has 2 fully saturated rings. The lowest BCUT2D eigenvalue weighted by molar-refractivity contribution is -0.157. The first-order valence-electron chi connectivity index (χ1n) is 9.47. The number of carbonyl (C=O) groups is 2. The van der Waals surface area contributed by atoms with Gasteiger partial charge in [0.05, 0.1) is 12.0 Å². The zero-order chi connectivity index (χ0) is 20.3. The summed E-state index contributed by atoms with van der Waals surface area (Å²) >= 11 is 0. The molecule has 2 aliphatic rings. The van der Waals surface area contributed by atoms with Crippen LogP contribution in [0.15, 0.2) is 48.7 Å². The normalized spacial score (nSPS) is 23.3. The number of carboxylic acid groups (broad SMARTS) is 1. The summed E-state index contributed by atoms with van der Waals surface area (Å²) in [6.45, 7) is 1.22. The standard InChI is InChI=1S/C21H22N2O6/c24-19(23-11-15-12-27-10-8-21(15,14-23)20(25)26)13-28-16-4-6-17(7-5-16)29-18-3-1-2-9-22-18/h1-7,9,15H,8,10-14H2,(H,25,26)/t15-,21+/m0/s1. The molecule has 0 spiro atoms. The molecule has 0 saturated carbocycles. The van der Waals surface area contributed by atoms with E-state index in [9.17, 15) is 14.7 Å². The highest BCUT2D eigenvalue weighted by Crippen LogP contribution is 2.42. The van der Waals surface area contributed by atoms with E-state index in [1.54, 1.807) is 47.5 Å². The zero-order valence-corrected chi connectivity index (χ0v) is 15.8. The zero-order valence-electron chi connectivity index (χ0n) is 15.8. The number of aliphatic carboxylic acids is 1. The topological polar surface area (TPSA) is 98.2 Å². The number of benzene rings is 1. The summed E-state index contributed by atoms with van der Waals surface area (Å²) in [7, 11) is 0. The molecule has 0 unspecified atom stereocenters. The van der Waals surface area contributed by atoms with Crippen LogP contribution in [0.2, 0.25) is 0 Å². The number of hydrogen-bond acceptors (Lipinski definition) is 6. The van der Waals surface area contributed by atoms with Crippen molar-refractivity contribution in [3.63, 3.8) is 0 Å². The van der Waals surface area contributed by atoms with Crippen molar-refractivity contribution < 1.29 is 28.9 Å². The summed E-state index contributed by atoms with van der Waals surface area (Å²) in [4.78, 5) is 30.1. The second-order valence-electron chi connectivity index (χ2n) is 7.29. The number of aromatic nitrogens is 1. The van der Waals surface area contributed by atoms with Gasteiger partial charge in [0.2, 0.25) is 5.88 Å². The van der Waals surface area contributed by atoms with Gasteiger partial charge in [-0.2, -0.15) is 0 Å². The van der Waals surface area contributed by atoms with E-state index in [-0.39, 0.29) is 25.0 Å². The lowest BCUT2D eigenvalue weighted by Crippen LogP contribution is -2.45. The smallest absolute Gasteiger partial charge is 0.311 e. The van der Waals surface area contributed by atoms with Crippen LogP contribution < -0.4 is 9.47 Å². The van der Waals surface area contributed by atoms with E-state index >= 15 is 0 Å². The van der Waals surface area contributed by atoms with Crippen molar-refractivity contribution in [3.8, 4) is 17.4 Å². The molecule has 2 saturated heterocycles. The third-order valence-electron chi connectivity index (χ3n) is 5.53. The van der Waals surface area contributed by atoms with Crippen LogP contribution in [0.3, 0.4) is 0 Å². The molecular weight excluding hydrogens is 376 g/mol. The molecule has 152 valence electrons. The van der Waals surface area contributed by atoms with Gasteiger partial charge in [-0.3, -0.25) is 9.59 Å². The average molecular weight is 398 g/mol. The van der Waals surface area contributed by atoms with Gasteiger partial charge in [-0.05, 0) is 36.8 Å². The maximum Gasteiger partial charge on any atom is 0.311 e. The van der Waals surface area contributed by atoms with Crippen molar-refractivity contribution in [2.45, 2.75) is 6.42 Å². The number of carbonyl (C=O) groups excluding carboxylic acids is 1. The molecule has 29 heavy (non-hydrogen) atoms. The highest BCUT2D eigenvalue weighted by molar-refractivity contribution is 5.82. The van der Waals surface area contributed by atoms with Crippen LogP contribution in [0.25, 0.3) is 0 Å². The SMILES string of the molecule is O=C(COc1ccc(Oc2ccccn2)cc1)N1C[C@H]2COCC[C@@]2(C(=O)O)C1.